The van der Waals surface area contributed by atoms with Gasteiger partial charge in [-0.25, -0.2) is 4.98 Å². The standard InChI is InChI=1S/C14H20ClN3O/c1-9-3-5-10(6-4-9)18(2)14(19)11-7-13(16)17-8-12(11)15/h7-10H,3-6H2,1-2H3,(H2,16,17). The minimum absolute atomic E-state index is 0.0707. The van der Waals surface area contributed by atoms with E-state index in [-0.39, 0.29) is 5.91 Å². The van der Waals surface area contributed by atoms with Crippen LogP contribution in [-0.2, 0) is 0 Å². The van der Waals surface area contributed by atoms with Crippen molar-refractivity contribution < 1.29 is 4.79 Å². The zero-order valence-electron chi connectivity index (χ0n) is 11.4. The molecule has 1 aromatic rings. The van der Waals surface area contributed by atoms with E-state index in [4.69, 9.17) is 17.3 Å². The van der Waals surface area contributed by atoms with Gasteiger partial charge in [-0.1, -0.05) is 18.5 Å². The Bertz CT molecular complexity index is 470. The number of nitrogen functional groups attached to an aromatic ring is 1. The van der Waals surface area contributed by atoms with E-state index in [9.17, 15) is 4.79 Å². The monoisotopic (exact) mass is 281 g/mol. The van der Waals surface area contributed by atoms with Crippen LogP contribution in [0.25, 0.3) is 0 Å². The van der Waals surface area contributed by atoms with Gasteiger partial charge in [-0.2, -0.15) is 0 Å². The Morgan fingerprint density at radius 1 is 1.42 bits per heavy atom. The smallest absolute Gasteiger partial charge is 0.255 e. The molecular formula is C14H20ClN3O. The number of pyridine rings is 1. The molecule has 0 aliphatic heterocycles. The van der Waals surface area contributed by atoms with Crippen molar-refractivity contribution in [2.75, 3.05) is 12.8 Å². The third-order valence-corrected chi connectivity index (χ3v) is 4.26. The lowest BCUT2D eigenvalue weighted by molar-refractivity contribution is 0.0679. The van der Waals surface area contributed by atoms with Crippen molar-refractivity contribution in [3.8, 4) is 0 Å². The Morgan fingerprint density at radius 2 is 2.05 bits per heavy atom. The molecule has 1 saturated carbocycles. The maximum Gasteiger partial charge on any atom is 0.255 e. The Labute approximate surface area is 118 Å². The van der Waals surface area contributed by atoms with Crippen molar-refractivity contribution in [3.63, 3.8) is 0 Å². The minimum atomic E-state index is -0.0707. The average Bonchev–Trinajstić information content (AvgIpc) is 2.41. The summed E-state index contributed by atoms with van der Waals surface area (Å²) in [6.07, 6.45) is 5.90. The highest BCUT2D eigenvalue weighted by Gasteiger charge is 2.26. The summed E-state index contributed by atoms with van der Waals surface area (Å²) in [6.45, 7) is 2.26. The van der Waals surface area contributed by atoms with E-state index in [1.54, 1.807) is 11.0 Å². The van der Waals surface area contributed by atoms with E-state index in [0.717, 1.165) is 18.8 Å². The first-order valence-electron chi connectivity index (χ1n) is 6.67. The van der Waals surface area contributed by atoms with Crippen molar-refractivity contribution in [1.29, 1.82) is 0 Å². The van der Waals surface area contributed by atoms with Gasteiger partial charge in [0.1, 0.15) is 5.82 Å². The van der Waals surface area contributed by atoms with Crippen LogP contribution in [0.4, 0.5) is 5.82 Å². The van der Waals surface area contributed by atoms with Crippen LogP contribution in [0.15, 0.2) is 12.3 Å². The third kappa shape index (κ3) is 3.18. The Kier molecular flexibility index (Phi) is 4.30. The lowest BCUT2D eigenvalue weighted by Gasteiger charge is -2.33. The third-order valence-electron chi connectivity index (χ3n) is 3.96. The fourth-order valence-corrected chi connectivity index (χ4v) is 2.79. The lowest BCUT2D eigenvalue weighted by atomic mass is 9.86. The number of anilines is 1. The molecule has 0 aromatic carbocycles. The molecule has 2 rings (SSSR count). The number of carbonyl (C=O) groups excluding carboxylic acids is 1. The normalized spacial score (nSPS) is 23.1. The van der Waals surface area contributed by atoms with E-state index in [0.29, 0.717) is 22.4 Å². The van der Waals surface area contributed by atoms with E-state index in [1.165, 1.54) is 19.0 Å². The molecule has 19 heavy (non-hydrogen) atoms. The van der Waals surface area contributed by atoms with Gasteiger partial charge in [0.15, 0.2) is 0 Å². The van der Waals surface area contributed by atoms with Gasteiger partial charge in [0.25, 0.3) is 5.91 Å². The van der Waals surface area contributed by atoms with Crippen LogP contribution in [0.5, 0.6) is 0 Å². The number of aromatic nitrogens is 1. The molecule has 2 N–H and O–H groups in total. The summed E-state index contributed by atoms with van der Waals surface area (Å²) >= 11 is 6.03. The number of hydrogen-bond acceptors (Lipinski definition) is 3. The van der Waals surface area contributed by atoms with Crippen molar-refractivity contribution >= 4 is 23.3 Å². The first-order valence-corrected chi connectivity index (χ1v) is 7.05. The number of nitrogens with two attached hydrogens (primary N) is 1. The van der Waals surface area contributed by atoms with Gasteiger partial charge >= 0.3 is 0 Å². The van der Waals surface area contributed by atoms with Crippen LogP contribution < -0.4 is 5.73 Å². The zero-order valence-corrected chi connectivity index (χ0v) is 12.2. The predicted molar refractivity (Wildman–Crippen MR) is 77.2 cm³/mol. The molecule has 104 valence electrons. The van der Waals surface area contributed by atoms with Crippen molar-refractivity contribution in [2.24, 2.45) is 5.92 Å². The highest BCUT2D eigenvalue weighted by molar-refractivity contribution is 6.33. The van der Waals surface area contributed by atoms with Crippen LogP contribution in [0.1, 0.15) is 43.0 Å². The molecule has 1 aromatic heterocycles. The molecule has 1 amide bonds. The Hall–Kier alpha value is -1.29. The van der Waals surface area contributed by atoms with Crippen molar-refractivity contribution in [2.45, 2.75) is 38.6 Å². The second-order valence-corrected chi connectivity index (χ2v) is 5.83. The van der Waals surface area contributed by atoms with Gasteiger partial charge in [-0.3, -0.25) is 4.79 Å². The summed E-state index contributed by atoms with van der Waals surface area (Å²) in [5, 5.41) is 0.357. The average molecular weight is 282 g/mol. The SMILES string of the molecule is CC1CCC(N(C)C(=O)c2cc(N)ncc2Cl)CC1. The summed E-state index contributed by atoms with van der Waals surface area (Å²) in [4.78, 5) is 18.1. The highest BCUT2D eigenvalue weighted by Crippen LogP contribution is 2.28. The van der Waals surface area contributed by atoms with Gasteiger partial charge in [-0.05, 0) is 37.7 Å². The fourth-order valence-electron chi connectivity index (χ4n) is 2.60. The summed E-state index contributed by atoms with van der Waals surface area (Å²) in [5.41, 5.74) is 6.06. The van der Waals surface area contributed by atoms with Crippen LogP contribution >= 0.6 is 11.6 Å². The number of nitrogens with zero attached hydrogens (tertiary/aromatic N) is 2. The van der Waals surface area contributed by atoms with E-state index < -0.39 is 0 Å². The molecule has 0 radical (unpaired) electrons. The van der Waals surface area contributed by atoms with Gasteiger partial charge < -0.3 is 10.6 Å². The molecule has 1 aliphatic rings. The Morgan fingerprint density at radius 3 is 2.68 bits per heavy atom. The summed E-state index contributed by atoms with van der Waals surface area (Å²) in [5.74, 6) is 1.01. The van der Waals surface area contributed by atoms with E-state index in [1.807, 2.05) is 7.05 Å². The fraction of sp³-hybridized carbons (Fsp3) is 0.571. The van der Waals surface area contributed by atoms with E-state index in [2.05, 4.69) is 11.9 Å². The van der Waals surface area contributed by atoms with Gasteiger partial charge in [0.05, 0.1) is 10.6 Å². The molecule has 0 atom stereocenters. The molecule has 1 fully saturated rings. The molecule has 4 nitrogen and oxygen atoms in total. The molecule has 0 saturated heterocycles. The van der Waals surface area contributed by atoms with Crippen molar-refractivity contribution in [3.05, 3.63) is 22.8 Å². The maximum atomic E-state index is 12.5. The topological polar surface area (TPSA) is 59.2 Å². The second-order valence-electron chi connectivity index (χ2n) is 5.42. The predicted octanol–water partition coefficient (Wildman–Crippen LogP) is 2.97. The van der Waals surface area contributed by atoms with Crippen LogP contribution in [0.3, 0.4) is 0 Å². The quantitative estimate of drug-likeness (QED) is 0.907. The molecule has 0 bridgehead atoms. The summed E-state index contributed by atoms with van der Waals surface area (Å²) < 4.78 is 0. The maximum absolute atomic E-state index is 12.5. The van der Waals surface area contributed by atoms with Gasteiger partial charge in [0, 0.05) is 19.3 Å². The second kappa shape index (κ2) is 5.78. The Balaban J connectivity index is 2.12. The van der Waals surface area contributed by atoms with Gasteiger partial charge in [-0.15, -0.1) is 0 Å². The largest absolute Gasteiger partial charge is 0.384 e. The zero-order chi connectivity index (χ0) is 14.0. The first kappa shape index (κ1) is 14.1. The van der Waals surface area contributed by atoms with Crippen LogP contribution in [-0.4, -0.2) is 28.9 Å². The number of rotatable bonds is 2. The van der Waals surface area contributed by atoms with Gasteiger partial charge in [0.2, 0.25) is 0 Å². The summed E-state index contributed by atoms with van der Waals surface area (Å²) in [7, 11) is 1.84. The minimum Gasteiger partial charge on any atom is -0.384 e. The number of hydrogen-bond donors (Lipinski definition) is 1. The molecular weight excluding hydrogens is 262 g/mol. The van der Waals surface area contributed by atoms with E-state index >= 15 is 0 Å². The molecule has 1 aliphatic carbocycles. The van der Waals surface area contributed by atoms with Crippen molar-refractivity contribution in [1.82, 2.24) is 9.88 Å². The molecule has 5 heteroatoms. The molecule has 1 heterocycles. The van der Waals surface area contributed by atoms with Crippen LogP contribution in [0.2, 0.25) is 5.02 Å². The molecule has 0 spiro atoms. The van der Waals surface area contributed by atoms with Crippen LogP contribution in [0, 0.1) is 5.92 Å². The first-order chi connectivity index (χ1) is 8.99. The molecule has 0 unspecified atom stereocenters. The number of halogens is 1. The summed E-state index contributed by atoms with van der Waals surface area (Å²) in [6, 6.07) is 1.85. The lowest BCUT2D eigenvalue weighted by Crippen LogP contribution is -2.39. The highest BCUT2D eigenvalue weighted by atomic mass is 35.5. The number of carbonyl (C=O) groups is 1. The number of amides is 1.